The van der Waals surface area contributed by atoms with E-state index in [0.717, 1.165) is 16.6 Å². The summed E-state index contributed by atoms with van der Waals surface area (Å²) in [6, 6.07) is 15.5. The number of para-hydroxylation sites is 1. The molecule has 0 saturated heterocycles. The number of methoxy groups -OCH3 is 1. The van der Waals surface area contributed by atoms with Crippen LogP contribution in [-0.4, -0.2) is 18.1 Å². The van der Waals surface area contributed by atoms with Crippen LogP contribution >= 0.6 is 0 Å². The molecular formula is C18H15NO3. The quantitative estimate of drug-likeness (QED) is 0.539. The molecule has 0 N–H and O–H groups in total. The van der Waals surface area contributed by atoms with E-state index in [1.807, 2.05) is 48.5 Å². The number of esters is 1. The van der Waals surface area contributed by atoms with E-state index >= 15 is 0 Å². The third-order valence-electron chi connectivity index (χ3n) is 3.38. The summed E-state index contributed by atoms with van der Waals surface area (Å²) < 4.78 is 10.4. The van der Waals surface area contributed by atoms with Crippen molar-refractivity contribution >= 4 is 22.4 Å². The summed E-state index contributed by atoms with van der Waals surface area (Å²) in [5, 5.41) is 1.08. The highest BCUT2D eigenvalue weighted by Gasteiger charge is 2.09. The number of aromatic nitrogens is 1. The Morgan fingerprint density at radius 2 is 1.95 bits per heavy atom. The van der Waals surface area contributed by atoms with Gasteiger partial charge in [0.2, 0.25) is 0 Å². The summed E-state index contributed by atoms with van der Waals surface area (Å²) in [5.41, 5.74) is 2.38. The van der Waals surface area contributed by atoms with Crippen molar-refractivity contribution in [1.29, 1.82) is 0 Å². The first kappa shape index (κ1) is 14.1. The average molecular weight is 293 g/mol. The van der Waals surface area contributed by atoms with Crippen LogP contribution < -0.4 is 0 Å². The second kappa shape index (κ2) is 5.85. The number of allylic oxidation sites excluding steroid dienone is 1. The monoisotopic (exact) mass is 293 g/mol. The Hall–Kier alpha value is -2.88. The number of pyridine rings is 1. The molecular weight excluding hydrogens is 278 g/mol. The molecule has 0 spiro atoms. The van der Waals surface area contributed by atoms with Crippen molar-refractivity contribution in [2.75, 3.05) is 7.11 Å². The number of fused-ring (bicyclic) bond motifs is 1. The predicted octanol–water partition coefficient (Wildman–Crippen LogP) is 4.07. The van der Waals surface area contributed by atoms with Crippen LogP contribution in [-0.2, 0) is 9.53 Å². The molecule has 2 aromatic heterocycles. The van der Waals surface area contributed by atoms with Crippen LogP contribution in [0.15, 0.2) is 59.0 Å². The minimum absolute atomic E-state index is 0.403. The standard InChI is InChI=1S/C18H15NO3/c1-12(11-18(20)21-2)16-9-10-17(22-16)15-8-7-13-5-3-4-6-14(13)19-15/h3-11H,1-2H3/b12-11+. The zero-order valence-corrected chi connectivity index (χ0v) is 12.4. The molecule has 0 radical (unpaired) electrons. The van der Waals surface area contributed by atoms with E-state index < -0.39 is 5.97 Å². The normalized spacial score (nSPS) is 11.6. The van der Waals surface area contributed by atoms with Crippen LogP contribution in [0.3, 0.4) is 0 Å². The molecule has 22 heavy (non-hydrogen) atoms. The molecule has 0 fully saturated rings. The van der Waals surface area contributed by atoms with E-state index in [4.69, 9.17) is 4.42 Å². The summed E-state index contributed by atoms with van der Waals surface area (Å²) in [5.74, 6) is 0.882. The van der Waals surface area contributed by atoms with Gasteiger partial charge in [0.25, 0.3) is 0 Å². The molecule has 110 valence electrons. The van der Waals surface area contributed by atoms with Gasteiger partial charge in [0.1, 0.15) is 11.5 Å². The highest BCUT2D eigenvalue weighted by Crippen LogP contribution is 2.26. The number of carbonyl (C=O) groups is 1. The number of furan rings is 1. The molecule has 0 amide bonds. The topological polar surface area (TPSA) is 52.3 Å². The van der Waals surface area contributed by atoms with Gasteiger partial charge in [-0.05, 0) is 36.8 Å². The van der Waals surface area contributed by atoms with Gasteiger partial charge in [0.05, 0.1) is 12.6 Å². The van der Waals surface area contributed by atoms with Crippen LogP contribution in [0.5, 0.6) is 0 Å². The average Bonchev–Trinajstić information content (AvgIpc) is 3.04. The van der Waals surface area contributed by atoms with Gasteiger partial charge in [-0.25, -0.2) is 9.78 Å². The minimum atomic E-state index is -0.403. The molecule has 3 aromatic rings. The third-order valence-corrected chi connectivity index (χ3v) is 3.38. The molecule has 0 unspecified atom stereocenters. The Kier molecular flexibility index (Phi) is 3.74. The lowest BCUT2D eigenvalue weighted by Gasteiger charge is -2.00. The van der Waals surface area contributed by atoms with Crippen molar-refractivity contribution in [2.24, 2.45) is 0 Å². The van der Waals surface area contributed by atoms with Gasteiger partial charge < -0.3 is 9.15 Å². The maximum absolute atomic E-state index is 11.3. The van der Waals surface area contributed by atoms with Gasteiger partial charge in [0.15, 0.2) is 5.76 Å². The van der Waals surface area contributed by atoms with Crippen LogP contribution in [0.1, 0.15) is 12.7 Å². The summed E-state index contributed by atoms with van der Waals surface area (Å²) in [4.78, 5) is 15.9. The second-order valence-corrected chi connectivity index (χ2v) is 4.90. The zero-order valence-electron chi connectivity index (χ0n) is 12.4. The number of ether oxygens (including phenoxy) is 1. The van der Waals surface area contributed by atoms with Crippen molar-refractivity contribution in [1.82, 2.24) is 4.98 Å². The number of hydrogen-bond donors (Lipinski definition) is 0. The smallest absolute Gasteiger partial charge is 0.330 e. The number of benzene rings is 1. The van der Waals surface area contributed by atoms with Crippen molar-refractivity contribution in [3.63, 3.8) is 0 Å². The van der Waals surface area contributed by atoms with Gasteiger partial charge >= 0.3 is 5.97 Å². The number of rotatable bonds is 3. The molecule has 4 heteroatoms. The van der Waals surface area contributed by atoms with Crippen molar-refractivity contribution < 1.29 is 13.9 Å². The van der Waals surface area contributed by atoms with Gasteiger partial charge in [-0.3, -0.25) is 0 Å². The van der Waals surface area contributed by atoms with Crippen molar-refractivity contribution in [2.45, 2.75) is 6.92 Å². The first-order chi connectivity index (χ1) is 10.7. The summed E-state index contributed by atoms with van der Waals surface area (Å²) in [6.45, 7) is 1.80. The van der Waals surface area contributed by atoms with E-state index in [2.05, 4.69) is 9.72 Å². The molecule has 0 bridgehead atoms. The Labute approximate surface area is 128 Å². The summed E-state index contributed by atoms with van der Waals surface area (Å²) in [6.07, 6.45) is 1.40. The second-order valence-electron chi connectivity index (χ2n) is 4.90. The lowest BCUT2D eigenvalue weighted by molar-refractivity contribution is -0.134. The summed E-state index contributed by atoms with van der Waals surface area (Å²) in [7, 11) is 1.35. The molecule has 2 heterocycles. The number of carbonyl (C=O) groups excluding carboxylic acids is 1. The minimum Gasteiger partial charge on any atom is -0.466 e. The SMILES string of the molecule is COC(=O)/C=C(\C)c1ccc(-c2ccc3ccccc3n2)o1. The van der Waals surface area contributed by atoms with E-state index in [1.54, 1.807) is 6.92 Å². The molecule has 3 rings (SSSR count). The Morgan fingerprint density at radius 3 is 2.77 bits per heavy atom. The van der Waals surface area contributed by atoms with Gasteiger partial charge in [0, 0.05) is 11.5 Å². The fourth-order valence-corrected chi connectivity index (χ4v) is 2.20. The molecule has 0 aliphatic carbocycles. The Bertz CT molecular complexity index is 861. The first-order valence-corrected chi connectivity index (χ1v) is 6.90. The Morgan fingerprint density at radius 1 is 1.14 bits per heavy atom. The van der Waals surface area contributed by atoms with Gasteiger partial charge in [-0.1, -0.05) is 24.3 Å². The lowest BCUT2D eigenvalue weighted by atomic mass is 10.2. The first-order valence-electron chi connectivity index (χ1n) is 6.90. The third kappa shape index (κ3) is 2.76. The van der Waals surface area contributed by atoms with Gasteiger partial charge in [-0.15, -0.1) is 0 Å². The molecule has 0 atom stereocenters. The summed E-state index contributed by atoms with van der Waals surface area (Å²) >= 11 is 0. The largest absolute Gasteiger partial charge is 0.466 e. The van der Waals surface area contributed by atoms with Crippen LogP contribution in [0.25, 0.3) is 27.9 Å². The van der Waals surface area contributed by atoms with E-state index in [9.17, 15) is 4.79 Å². The lowest BCUT2D eigenvalue weighted by Crippen LogP contribution is -1.95. The van der Waals surface area contributed by atoms with E-state index in [-0.39, 0.29) is 0 Å². The molecule has 0 saturated carbocycles. The number of nitrogens with zero attached hydrogens (tertiary/aromatic N) is 1. The predicted molar refractivity (Wildman–Crippen MR) is 85.1 cm³/mol. The zero-order chi connectivity index (χ0) is 15.5. The highest BCUT2D eigenvalue weighted by atomic mass is 16.5. The maximum Gasteiger partial charge on any atom is 0.330 e. The molecule has 4 nitrogen and oxygen atoms in total. The van der Waals surface area contributed by atoms with E-state index in [0.29, 0.717) is 17.1 Å². The maximum atomic E-state index is 11.3. The Balaban J connectivity index is 1.95. The highest BCUT2D eigenvalue weighted by molar-refractivity contribution is 5.90. The van der Waals surface area contributed by atoms with Crippen LogP contribution in [0, 0.1) is 0 Å². The van der Waals surface area contributed by atoms with Crippen LogP contribution in [0.2, 0.25) is 0 Å². The van der Waals surface area contributed by atoms with Gasteiger partial charge in [-0.2, -0.15) is 0 Å². The molecule has 1 aromatic carbocycles. The van der Waals surface area contributed by atoms with Crippen LogP contribution in [0.4, 0.5) is 0 Å². The van der Waals surface area contributed by atoms with Crippen molar-refractivity contribution in [3.8, 4) is 11.5 Å². The fourth-order valence-electron chi connectivity index (χ4n) is 2.20. The number of hydrogen-bond acceptors (Lipinski definition) is 4. The van der Waals surface area contributed by atoms with E-state index in [1.165, 1.54) is 13.2 Å². The molecule has 0 aliphatic heterocycles. The fraction of sp³-hybridized carbons (Fsp3) is 0.111. The van der Waals surface area contributed by atoms with Crippen molar-refractivity contribution in [3.05, 3.63) is 60.4 Å². The molecule has 0 aliphatic rings.